The number of rotatable bonds is 11. The van der Waals surface area contributed by atoms with Crippen molar-refractivity contribution in [2.24, 2.45) is 5.41 Å². The third-order valence-electron chi connectivity index (χ3n) is 8.52. The first-order valence-corrected chi connectivity index (χ1v) is 14.5. The highest BCUT2D eigenvalue weighted by Crippen LogP contribution is 2.55. The van der Waals surface area contributed by atoms with Crippen molar-refractivity contribution in [3.8, 4) is 5.75 Å². The van der Waals surface area contributed by atoms with Gasteiger partial charge >= 0.3 is 5.97 Å². The van der Waals surface area contributed by atoms with Crippen LogP contribution in [0, 0.1) is 5.41 Å². The maximum absolute atomic E-state index is 13.9. The fourth-order valence-electron chi connectivity index (χ4n) is 6.49. The normalized spacial score (nSPS) is 29.3. The van der Waals surface area contributed by atoms with Crippen LogP contribution in [0.2, 0.25) is 0 Å². The van der Waals surface area contributed by atoms with Crippen molar-refractivity contribution in [3.05, 3.63) is 71.3 Å². The maximum Gasteiger partial charge on any atom is 0.327 e. The number of phenolic OH excluding ortho intramolecular Hbond substituents is 1. The van der Waals surface area contributed by atoms with Crippen LogP contribution in [-0.2, 0) is 46.4 Å². The van der Waals surface area contributed by atoms with E-state index in [9.17, 15) is 19.5 Å². The molecule has 4 fully saturated rings. The molecule has 12 nitrogen and oxygen atoms in total. The van der Waals surface area contributed by atoms with E-state index < -0.39 is 47.7 Å². The summed E-state index contributed by atoms with van der Waals surface area (Å²) in [5.41, 5.74) is 1.38. The van der Waals surface area contributed by atoms with Gasteiger partial charge in [-0.3, -0.25) is 19.2 Å². The van der Waals surface area contributed by atoms with Crippen LogP contribution in [-0.4, -0.2) is 90.0 Å². The fourth-order valence-corrected chi connectivity index (χ4v) is 6.49. The van der Waals surface area contributed by atoms with Gasteiger partial charge < -0.3 is 35.1 Å². The van der Waals surface area contributed by atoms with Gasteiger partial charge in [0.15, 0.2) is 6.04 Å². The molecule has 4 N–H and O–H groups in total. The second-order valence-electron chi connectivity index (χ2n) is 11.2. The van der Waals surface area contributed by atoms with Gasteiger partial charge in [-0.1, -0.05) is 54.6 Å². The molecular weight excluding hydrogens is 558 g/mol. The Labute approximate surface area is 248 Å². The smallest absolute Gasteiger partial charge is 0.327 e. The number of carbonyl (C=O) groups excluding carboxylic acids is 3. The van der Waals surface area contributed by atoms with E-state index in [-0.39, 0.29) is 57.5 Å². The number of esters is 1. The fraction of sp³-hybridized carbons (Fsp3) is 0.452. The molecular formula is C31H35N3O9. The summed E-state index contributed by atoms with van der Waals surface area (Å²) >= 11 is 0. The summed E-state index contributed by atoms with van der Waals surface area (Å²) in [6.07, 6.45) is 2.19. The van der Waals surface area contributed by atoms with Crippen LogP contribution < -0.4 is 10.6 Å². The molecule has 6 rings (SSSR count). The largest absolute Gasteiger partial charge is 0.508 e. The summed E-state index contributed by atoms with van der Waals surface area (Å²) in [6, 6.07) is 14.0. The number of nitrogens with zero attached hydrogens (tertiary/aromatic N) is 1. The third-order valence-corrected chi connectivity index (χ3v) is 8.52. The van der Waals surface area contributed by atoms with Gasteiger partial charge in [-0.05, 0) is 29.2 Å². The van der Waals surface area contributed by atoms with Crippen LogP contribution in [0.3, 0.4) is 0 Å². The van der Waals surface area contributed by atoms with E-state index in [2.05, 4.69) is 10.6 Å². The lowest BCUT2D eigenvalue weighted by Gasteiger charge is -2.48. The Morgan fingerprint density at radius 2 is 1.84 bits per heavy atom. The molecule has 3 heterocycles. The molecule has 0 radical (unpaired) electrons. The molecule has 0 aromatic heterocycles. The number of para-hydroxylation sites is 1. The highest BCUT2D eigenvalue weighted by atomic mass is 16.8. The summed E-state index contributed by atoms with van der Waals surface area (Å²) in [6.45, 7) is 0.245. The summed E-state index contributed by atoms with van der Waals surface area (Å²) < 4.78 is 17.4. The molecule has 3 saturated heterocycles. The molecule has 0 spiro atoms. The van der Waals surface area contributed by atoms with Gasteiger partial charge in [0, 0.05) is 25.9 Å². The van der Waals surface area contributed by atoms with E-state index in [1.807, 2.05) is 48.6 Å². The highest BCUT2D eigenvalue weighted by molar-refractivity contribution is 5.93. The molecule has 43 heavy (non-hydrogen) atoms. The lowest BCUT2D eigenvalue weighted by Crippen LogP contribution is -2.69. The van der Waals surface area contributed by atoms with E-state index in [0.717, 1.165) is 16.7 Å². The van der Waals surface area contributed by atoms with Gasteiger partial charge in [-0.2, -0.15) is 5.06 Å². The summed E-state index contributed by atoms with van der Waals surface area (Å²) in [5.74, 6) is -1.01. The van der Waals surface area contributed by atoms with E-state index in [4.69, 9.17) is 24.2 Å². The lowest BCUT2D eigenvalue weighted by atomic mass is 9.62. The third kappa shape index (κ3) is 5.64. The first-order chi connectivity index (χ1) is 20.9. The molecule has 3 aliphatic heterocycles. The number of nitrogens with one attached hydrogen (secondary N) is 2. The van der Waals surface area contributed by atoms with Crippen molar-refractivity contribution in [1.29, 1.82) is 0 Å². The Morgan fingerprint density at radius 1 is 1.05 bits per heavy atom. The highest BCUT2D eigenvalue weighted by Gasteiger charge is 2.74. The Bertz CT molecular complexity index is 1380. The minimum Gasteiger partial charge on any atom is -0.508 e. The van der Waals surface area contributed by atoms with Crippen molar-refractivity contribution in [2.45, 2.75) is 56.3 Å². The van der Waals surface area contributed by atoms with Gasteiger partial charge in [-0.15, -0.1) is 0 Å². The van der Waals surface area contributed by atoms with E-state index >= 15 is 0 Å². The Kier molecular flexibility index (Phi) is 8.46. The summed E-state index contributed by atoms with van der Waals surface area (Å²) in [5, 5.41) is 25.8. The zero-order valence-corrected chi connectivity index (χ0v) is 23.5. The monoisotopic (exact) mass is 593 g/mol. The molecule has 2 aromatic carbocycles. The average molecular weight is 594 g/mol. The van der Waals surface area contributed by atoms with E-state index in [1.165, 1.54) is 5.06 Å². The number of carbonyl (C=O) groups is 3. The number of amides is 2. The molecule has 2 amide bonds. The Balaban J connectivity index is 1.17. The zero-order valence-electron chi connectivity index (χ0n) is 23.5. The molecule has 1 aliphatic carbocycles. The standard InChI is InChI=1S/C31H35N3O9/c35-15-14-32-24(37)12-13-33-30(39)31-16-23-25-26(41-18-40-25)28(31)43-34(27(31)29(38)42-23)17-20-10-8-19(9-11-20)4-3-6-21-5-1-2-7-22(21)36/h1-5,7-11,23,25-28,35-36H,6,12-18H2,(H,32,37)(H,33,39). The van der Waals surface area contributed by atoms with Gasteiger partial charge in [-0.25, -0.2) is 0 Å². The van der Waals surface area contributed by atoms with Crippen molar-refractivity contribution in [2.75, 3.05) is 26.5 Å². The molecule has 2 bridgehead atoms. The van der Waals surface area contributed by atoms with Crippen molar-refractivity contribution in [1.82, 2.24) is 15.7 Å². The Morgan fingerprint density at radius 3 is 2.63 bits per heavy atom. The predicted octanol–water partition coefficient (Wildman–Crippen LogP) is 0.804. The van der Waals surface area contributed by atoms with Crippen LogP contribution >= 0.6 is 0 Å². The number of phenols is 1. The molecule has 4 aliphatic rings. The van der Waals surface area contributed by atoms with Crippen LogP contribution in [0.1, 0.15) is 29.5 Å². The molecule has 6 unspecified atom stereocenters. The number of fused-ring (bicyclic) bond motifs is 4. The minimum absolute atomic E-state index is 0.00943. The molecule has 228 valence electrons. The van der Waals surface area contributed by atoms with Crippen LogP contribution in [0.5, 0.6) is 5.75 Å². The topological polar surface area (TPSA) is 156 Å². The second kappa shape index (κ2) is 12.4. The first-order valence-electron chi connectivity index (χ1n) is 14.5. The number of hydrogen-bond acceptors (Lipinski definition) is 10. The number of hydroxylamine groups is 2. The van der Waals surface area contributed by atoms with Crippen molar-refractivity contribution >= 4 is 23.9 Å². The summed E-state index contributed by atoms with van der Waals surface area (Å²) in [4.78, 5) is 45.7. The number of allylic oxidation sites excluding steroid dienone is 1. The van der Waals surface area contributed by atoms with Gasteiger partial charge in [0.05, 0.1) is 13.2 Å². The van der Waals surface area contributed by atoms with Crippen LogP contribution in [0.25, 0.3) is 6.08 Å². The average Bonchev–Trinajstić information content (AvgIpc) is 3.63. The van der Waals surface area contributed by atoms with Crippen molar-refractivity contribution in [3.63, 3.8) is 0 Å². The number of aliphatic hydroxyl groups is 1. The molecule has 1 saturated carbocycles. The number of hydrogen-bond donors (Lipinski definition) is 4. The SMILES string of the molecule is O=C(CCNC(=O)C12CC3OC(=O)C1N(Cc1ccc(C=CCc4ccccc4O)cc1)OC2C1OCOC31)NCCO. The number of benzene rings is 2. The summed E-state index contributed by atoms with van der Waals surface area (Å²) in [7, 11) is 0. The molecule has 2 aromatic rings. The van der Waals surface area contributed by atoms with Gasteiger partial charge in [0.1, 0.15) is 42.4 Å². The van der Waals surface area contributed by atoms with E-state index in [0.29, 0.717) is 6.42 Å². The molecule has 12 heteroatoms. The predicted molar refractivity (Wildman–Crippen MR) is 151 cm³/mol. The van der Waals surface area contributed by atoms with Gasteiger partial charge in [0.25, 0.3) is 0 Å². The minimum atomic E-state index is -1.29. The van der Waals surface area contributed by atoms with Crippen molar-refractivity contribution < 1.29 is 43.6 Å². The second-order valence-corrected chi connectivity index (χ2v) is 11.2. The molecule has 6 atom stereocenters. The van der Waals surface area contributed by atoms with Crippen LogP contribution in [0.4, 0.5) is 0 Å². The quantitative estimate of drug-likeness (QED) is 0.275. The number of ether oxygens (including phenoxy) is 3. The lowest BCUT2D eigenvalue weighted by molar-refractivity contribution is -0.201. The van der Waals surface area contributed by atoms with Crippen LogP contribution in [0.15, 0.2) is 54.6 Å². The zero-order chi connectivity index (χ0) is 30.0. The number of aromatic hydroxyl groups is 1. The van der Waals surface area contributed by atoms with Gasteiger partial charge in [0.2, 0.25) is 11.8 Å². The number of aliphatic hydroxyl groups excluding tert-OH is 1. The maximum atomic E-state index is 13.9. The van der Waals surface area contributed by atoms with E-state index in [1.54, 1.807) is 12.1 Å². The Hall–Kier alpha value is -3.81. The first kappa shape index (κ1) is 29.3.